The zero-order valence-corrected chi connectivity index (χ0v) is 16.5. The quantitative estimate of drug-likeness (QED) is 0.417. The number of nitrogens with zero attached hydrogens (tertiary/aromatic N) is 1. The van der Waals surface area contributed by atoms with Crippen molar-refractivity contribution >= 4 is 0 Å². The second-order valence-electron chi connectivity index (χ2n) is 8.14. The number of hydrogen-bond donors (Lipinski definition) is 0. The van der Waals surface area contributed by atoms with Gasteiger partial charge in [-0.15, -0.1) is 0 Å². The Balaban J connectivity index is 1.80. The van der Waals surface area contributed by atoms with Crippen molar-refractivity contribution in [2.45, 2.75) is 90.9 Å². The molecule has 0 spiro atoms. The van der Waals surface area contributed by atoms with Crippen molar-refractivity contribution in [2.75, 3.05) is 0 Å². The first-order valence-electron chi connectivity index (χ1n) is 10.7. The molecular weight excluding hydrogens is 302 g/mol. The Labute approximate surface area is 155 Å². The Kier molecular flexibility index (Phi) is 9.09. The largest absolute Gasteiger partial charge is 0.198 e. The summed E-state index contributed by atoms with van der Waals surface area (Å²) in [5.74, 6) is 1.75. The van der Waals surface area contributed by atoms with E-state index >= 15 is 0 Å². The lowest BCUT2D eigenvalue weighted by molar-refractivity contribution is 0.223. The minimum atomic E-state index is 0.206. The first kappa shape index (κ1) is 20.0. The van der Waals surface area contributed by atoms with Gasteiger partial charge in [0.05, 0.1) is 12.0 Å². The summed E-state index contributed by atoms with van der Waals surface area (Å²) in [6, 6.07) is 11.7. The number of hydrogen-bond acceptors (Lipinski definition) is 1. The molecule has 1 saturated carbocycles. The molecular formula is C24H37N. The van der Waals surface area contributed by atoms with Gasteiger partial charge < -0.3 is 0 Å². The molecule has 1 aliphatic rings. The van der Waals surface area contributed by atoms with Gasteiger partial charge in [0.1, 0.15) is 0 Å². The second kappa shape index (κ2) is 11.3. The minimum absolute atomic E-state index is 0.206. The third kappa shape index (κ3) is 6.85. The zero-order chi connectivity index (χ0) is 17.9. The second-order valence-corrected chi connectivity index (χ2v) is 8.14. The Morgan fingerprint density at radius 3 is 2.20 bits per heavy atom. The van der Waals surface area contributed by atoms with Gasteiger partial charge >= 0.3 is 0 Å². The maximum atomic E-state index is 9.68. The molecule has 0 aromatic heterocycles. The van der Waals surface area contributed by atoms with E-state index in [0.29, 0.717) is 5.92 Å². The summed E-state index contributed by atoms with van der Waals surface area (Å²) in [6.07, 6.45) is 15.3. The molecule has 0 aliphatic heterocycles. The summed E-state index contributed by atoms with van der Waals surface area (Å²) in [4.78, 5) is 0. The molecule has 0 amide bonds. The Morgan fingerprint density at radius 1 is 0.920 bits per heavy atom. The van der Waals surface area contributed by atoms with E-state index in [9.17, 15) is 5.26 Å². The van der Waals surface area contributed by atoms with Crippen molar-refractivity contribution in [1.29, 1.82) is 5.26 Å². The molecule has 0 radical (unpaired) electrons. The molecule has 0 N–H and O–H groups in total. The van der Waals surface area contributed by atoms with Gasteiger partial charge in [-0.2, -0.15) is 5.26 Å². The maximum Gasteiger partial charge on any atom is 0.0662 e. The molecule has 1 aromatic carbocycles. The van der Waals surface area contributed by atoms with Crippen LogP contribution in [0.1, 0.15) is 89.2 Å². The van der Waals surface area contributed by atoms with Crippen LogP contribution in [-0.4, -0.2) is 0 Å². The lowest BCUT2D eigenvalue weighted by atomic mass is 9.73. The van der Waals surface area contributed by atoms with E-state index in [4.69, 9.17) is 0 Å². The smallest absolute Gasteiger partial charge is 0.0662 e. The number of unbranched alkanes of at least 4 members (excludes halogenated alkanes) is 3. The van der Waals surface area contributed by atoms with Crippen LogP contribution in [0.15, 0.2) is 24.3 Å². The van der Waals surface area contributed by atoms with Gasteiger partial charge in [0, 0.05) is 0 Å². The van der Waals surface area contributed by atoms with Crippen LogP contribution in [0, 0.1) is 29.1 Å². The average Bonchev–Trinajstić information content (AvgIpc) is 2.65. The van der Waals surface area contributed by atoms with Gasteiger partial charge in [0.15, 0.2) is 0 Å². The highest BCUT2D eigenvalue weighted by molar-refractivity contribution is 5.24. The highest BCUT2D eigenvalue weighted by Crippen LogP contribution is 2.36. The molecule has 1 nitrogen and oxygen atoms in total. The predicted octanol–water partition coefficient (Wildman–Crippen LogP) is 7.10. The van der Waals surface area contributed by atoms with E-state index in [2.05, 4.69) is 44.2 Å². The molecule has 1 fully saturated rings. The van der Waals surface area contributed by atoms with Crippen LogP contribution in [0.25, 0.3) is 0 Å². The van der Waals surface area contributed by atoms with Gasteiger partial charge in [-0.05, 0) is 55.1 Å². The fourth-order valence-corrected chi connectivity index (χ4v) is 4.46. The monoisotopic (exact) mass is 339 g/mol. The van der Waals surface area contributed by atoms with Crippen molar-refractivity contribution in [3.63, 3.8) is 0 Å². The third-order valence-corrected chi connectivity index (χ3v) is 6.12. The molecule has 2 rings (SSSR count). The summed E-state index contributed by atoms with van der Waals surface area (Å²) in [5.41, 5.74) is 2.80. The summed E-state index contributed by atoms with van der Waals surface area (Å²) in [7, 11) is 0. The first-order chi connectivity index (χ1) is 12.3. The molecule has 138 valence electrons. The molecule has 0 bridgehead atoms. The number of rotatable bonds is 10. The molecule has 0 saturated heterocycles. The average molecular weight is 340 g/mol. The van der Waals surface area contributed by atoms with Crippen LogP contribution in [0.5, 0.6) is 0 Å². The normalized spacial score (nSPS) is 21.6. The summed E-state index contributed by atoms with van der Waals surface area (Å²) >= 11 is 0. The van der Waals surface area contributed by atoms with Crippen molar-refractivity contribution in [3.05, 3.63) is 35.4 Å². The van der Waals surface area contributed by atoms with Crippen molar-refractivity contribution in [2.24, 2.45) is 17.8 Å². The molecule has 1 unspecified atom stereocenters. The molecule has 1 atom stereocenters. The number of benzene rings is 1. The van der Waals surface area contributed by atoms with Gasteiger partial charge in [-0.1, -0.05) is 83.1 Å². The minimum Gasteiger partial charge on any atom is -0.198 e. The van der Waals surface area contributed by atoms with Gasteiger partial charge in [-0.3, -0.25) is 0 Å². The Hall–Kier alpha value is -1.29. The van der Waals surface area contributed by atoms with E-state index < -0.39 is 0 Å². The molecule has 1 heteroatoms. The van der Waals surface area contributed by atoms with Crippen LogP contribution in [-0.2, 0) is 12.8 Å². The van der Waals surface area contributed by atoms with Crippen molar-refractivity contribution in [1.82, 2.24) is 0 Å². The van der Waals surface area contributed by atoms with Gasteiger partial charge in [0.2, 0.25) is 0 Å². The standard InChI is InChI=1S/C24H37N/c1-3-5-6-7-9-21-10-12-22(13-11-21)18-24(19-25)23-16-14-20(8-4-2)15-17-23/h10-13,20,23-24H,3-9,14-18H2,1-2H3. The third-order valence-electron chi connectivity index (χ3n) is 6.12. The highest BCUT2D eigenvalue weighted by Gasteiger charge is 2.27. The van der Waals surface area contributed by atoms with E-state index in [0.717, 1.165) is 12.3 Å². The van der Waals surface area contributed by atoms with Crippen molar-refractivity contribution in [3.8, 4) is 6.07 Å². The Bertz CT molecular complexity index is 502. The zero-order valence-electron chi connectivity index (χ0n) is 16.5. The molecule has 1 aliphatic carbocycles. The maximum absolute atomic E-state index is 9.68. The van der Waals surface area contributed by atoms with Gasteiger partial charge in [-0.25, -0.2) is 0 Å². The Morgan fingerprint density at radius 2 is 1.60 bits per heavy atom. The summed E-state index contributed by atoms with van der Waals surface area (Å²) in [6.45, 7) is 4.55. The topological polar surface area (TPSA) is 23.8 Å². The lowest BCUT2D eigenvalue weighted by Crippen LogP contribution is -2.22. The van der Waals surface area contributed by atoms with E-state index in [1.54, 1.807) is 0 Å². The van der Waals surface area contributed by atoms with Crippen LogP contribution in [0.3, 0.4) is 0 Å². The molecule has 0 heterocycles. The van der Waals surface area contributed by atoms with E-state index in [1.807, 2.05) is 0 Å². The van der Waals surface area contributed by atoms with Crippen LogP contribution >= 0.6 is 0 Å². The SMILES string of the molecule is CCCCCCc1ccc(CC(C#N)C2CCC(CCC)CC2)cc1. The molecule has 1 aromatic rings. The number of nitriles is 1. The van der Waals surface area contributed by atoms with Crippen molar-refractivity contribution < 1.29 is 0 Å². The summed E-state index contributed by atoms with van der Waals surface area (Å²) < 4.78 is 0. The van der Waals surface area contributed by atoms with Gasteiger partial charge in [0.25, 0.3) is 0 Å². The van der Waals surface area contributed by atoms with Crippen LogP contribution in [0.4, 0.5) is 0 Å². The molecule has 25 heavy (non-hydrogen) atoms. The summed E-state index contributed by atoms with van der Waals surface area (Å²) in [5, 5.41) is 9.68. The van der Waals surface area contributed by atoms with E-state index in [-0.39, 0.29) is 5.92 Å². The van der Waals surface area contributed by atoms with E-state index in [1.165, 1.54) is 81.8 Å². The first-order valence-corrected chi connectivity index (χ1v) is 10.7. The van der Waals surface area contributed by atoms with Crippen LogP contribution < -0.4 is 0 Å². The fraction of sp³-hybridized carbons (Fsp3) is 0.708. The fourth-order valence-electron chi connectivity index (χ4n) is 4.46. The highest BCUT2D eigenvalue weighted by atomic mass is 14.4. The number of aryl methyl sites for hydroxylation is 1. The van der Waals surface area contributed by atoms with Crippen LogP contribution in [0.2, 0.25) is 0 Å². The lowest BCUT2D eigenvalue weighted by Gasteiger charge is -2.31. The predicted molar refractivity (Wildman–Crippen MR) is 107 cm³/mol.